The highest BCUT2D eigenvalue weighted by molar-refractivity contribution is 5.83. The van der Waals surface area contributed by atoms with Crippen molar-refractivity contribution in [3.63, 3.8) is 0 Å². The smallest absolute Gasteiger partial charge is 0.306 e. The SMILES string of the molecule is CCCCCCCCCC(=O)OC(C)c1ccc(-c2ccccc2-c2ccc(OCC)cc2)cc1. The van der Waals surface area contributed by atoms with Gasteiger partial charge in [0, 0.05) is 6.42 Å². The van der Waals surface area contributed by atoms with Gasteiger partial charge in [-0.2, -0.15) is 0 Å². The zero-order valence-corrected chi connectivity index (χ0v) is 21.6. The van der Waals surface area contributed by atoms with Gasteiger partial charge in [-0.3, -0.25) is 4.79 Å². The molecule has 0 saturated heterocycles. The molecule has 3 nitrogen and oxygen atoms in total. The van der Waals surface area contributed by atoms with E-state index in [1.165, 1.54) is 43.2 Å². The molecule has 0 bridgehead atoms. The summed E-state index contributed by atoms with van der Waals surface area (Å²) in [6.07, 6.45) is 8.64. The lowest BCUT2D eigenvalue weighted by Crippen LogP contribution is -2.08. The van der Waals surface area contributed by atoms with E-state index in [0.717, 1.165) is 35.3 Å². The van der Waals surface area contributed by atoms with E-state index in [1.54, 1.807) is 0 Å². The van der Waals surface area contributed by atoms with E-state index in [1.807, 2.05) is 26.0 Å². The van der Waals surface area contributed by atoms with Crippen molar-refractivity contribution in [2.75, 3.05) is 6.61 Å². The number of benzene rings is 3. The first-order chi connectivity index (χ1) is 17.1. The maximum Gasteiger partial charge on any atom is 0.306 e. The molecule has 186 valence electrons. The summed E-state index contributed by atoms with van der Waals surface area (Å²) in [5, 5.41) is 0. The molecule has 0 aliphatic heterocycles. The molecule has 0 aliphatic carbocycles. The van der Waals surface area contributed by atoms with Crippen LogP contribution in [0.1, 0.15) is 83.8 Å². The topological polar surface area (TPSA) is 35.5 Å². The van der Waals surface area contributed by atoms with Crippen LogP contribution in [0.3, 0.4) is 0 Å². The number of unbranched alkanes of at least 4 members (excludes halogenated alkanes) is 6. The normalized spacial score (nSPS) is 11.7. The molecule has 0 aromatic heterocycles. The van der Waals surface area contributed by atoms with Gasteiger partial charge in [0.15, 0.2) is 0 Å². The Balaban J connectivity index is 1.57. The minimum Gasteiger partial charge on any atom is -0.494 e. The van der Waals surface area contributed by atoms with Crippen LogP contribution in [0.25, 0.3) is 22.3 Å². The lowest BCUT2D eigenvalue weighted by Gasteiger charge is -2.15. The molecule has 0 spiro atoms. The van der Waals surface area contributed by atoms with E-state index in [-0.39, 0.29) is 12.1 Å². The van der Waals surface area contributed by atoms with Gasteiger partial charge in [-0.15, -0.1) is 0 Å². The first-order valence-electron chi connectivity index (χ1n) is 13.2. The van der Waals surface area contributed by atoms with E-state index < -0.39 is 0 Å². The van der Waals surface area contributed by atoms with Crippen LogP contribution in [0, 0.1) is 0 Å². The molecule has 0 amide bonds. The third-order valence-electron chi connectivity index (χ3n) is 6.39. The molecule has 3 aromatic rings. The molecular weight excluding hydrogens is 432 g/mol. The predicted molar refractivity (Wildman–Crippen MR) is 146 cm³/mol. The second-order valence-electron chi connectivity index (χ2n) is 9.13. The fourth-order valence-electron chi connectivity index (χ4n) is 4.37. The molecular formula is C32H40O3. The summed E-state index contributed by atoms with van der Waals surface area (Å²) in [4.78, 5) is 12.3. The molecule has 0 fully saturated rings. The fourth-order valence-corrected chi connectivity index (χ4v) is 4.37. The maximum atomic E-state index is 12.3. The summed E-state index contributed by atoms with van der Waals surface area (Å²) in [5.74, 6) is 0.782. The third kappa shape index (κ3) is 8.28. The fraction of sp³-hybridized carbons (Fsp3) is 0.406. The van der Waals surface area contributed by atoms with Crippen molar-refractivity contribution in [1.82, 2.24) is 0 Å². The molecule has 0 aliphatic rings. The number of carbonyl (C=O) groups is 1. The molecule has 1 unspecified atom stereocenters. The van der Waals surface area contributed by atoms with Crippen LogP contribution in [-0.2, 0) is 9.53 Å². The van der Waals surface area contributed by atoms with Crippen LogP contribution in [0.5, 0.6) is 5.75 Å². The van der Waals surface area contributed by atoms with Gasteiger partial charge in [-0.05, 0) is 60.2 Å². The minimum atomic E-state index is -0.248. The highest BCUT2D eigenvalue weighted by Crippen LogP contribution is 2.33. The third-order valence-corrected chi connectivity index (χ3v) is 6.39. The largest absolute Gasteiger partial charge is 0.494 e. The van der Waals surface area contributed by atoms with Crippen LogP contribution in [0.15, 0.2) is 72.8 Å². The van der Waals surface area contributed by atoms with Crippen LogP contribution in [0.2, 0.25) is 0 Å². The monoisotopic (exact) mass is 472 g/mol. The predicted octanol–water partition coefficient (Wildman–Crippen LogP) is 9.16. The summed E-state index contributed by atoms with van der Waals surface area (Å²) < 4.78 is 11.3. The number of hydrogen-bond donors (Lipinski definition) is 0. The number of ether oxygens (including phenoxy) is 2. The van der Waals surface area contributed by atoms with Crippen molar-refractivity contribution in [2.45, 2.75) is 78.2 Å². The molecule has 0 N–H and O–H groups in total. The summed E-state index contributed by atoms with van der Waals surface area (Å²) in [6.45, 7) is 6.83. The Morgan fingerprint density at radius 2 is 1.26 bits per heavy atom. The van der Waals surface area contributed by atoms with E-state index in [9.17, 15) is 4.79 Å². The zero-order chi connectivity index (χ0) is 24.9. The summed E-state index contributed by atoms with van der Waals surface area (Å²) in [5.41, 5.74) is 5.66. The minimum absolute atomic E-state index is 0.101. The van der Waals surface area contributed by atoms with Crippen LogP contribution < -0.4 is 4.74 Å². The summed E-state index contributed by atoms with van der Waals surface area (Å²) >= 11 is 0. The average Bonchev–Trinajstić information content (AvgIpc) is 2.89. The highest BCUT2D eigenvalue weighted by atomic mass is 16.5. The van der Waals surface area contributed by atoms with Gasteiger partial charge in [0.2, 0.25) is 0 Å². The summed E-state index contributed by atoms with van der Waals surface area (Å²) in [7, 11) is 0. The zero-order valence-electron chi connectivity index (χ0n) is 21.6. The van der Waals surface area contributed by atoms with E-state index in [4.69, 9.17) is 9.47 Å². The number of carbonyl (C=O) groups excluding carboxylic acids is 1. The molecule has 1 atom stereocenters. The standard InChI is InChI=1S/C32H40O3/c1-4-6-7-8-9-10-11-16-32(33)35-25(3)26-17-19-27(20-18-26)30-14-12-13-15-31(30)28-21-23-29(24-22-28)34-5-2/h12-15,17-25H,4-11,16H2,1-3H3. The Morgan fingerprint density at radius 3 is 1.83 bits per heavy atom. The van der Waals surface area contributed by atoms with Crippen molar-refractivity contribution in [2.24, 2.45) is 0 Å². The van der Waals surface area contributed by atoms with E-state index >= 15 is 0 Å². The van der Waals surface area contributed by atoms with Gasteiger partial charge in [-0.25, -0.2) is 0 Å². The lowest BCUT2D eigenvalue weighted by atomic mass is 9.94. The van der Waals surface area contributed by atoms with Crippen LogP contribution >= 0.6 is 0 Å². The molecule has 3 aromatic carbocycles. The Kier molecular flexibility index (Phi) is 10.9. The Morgan fingerprint density at radius 1 is 0.714 bits per heavy atom. The van der Waals surface area contributed by atoms with Crippen molar-refractivity contribution in [1.29, 1.82) is 0 Å². The van der Waals surface area contributed by atoms with Gasteiger partial charge >= 0.3 is 5.97 Å². The van der Waals surface area contributed by atoms with Gasteiger partial charge in [0.05, 0.1) is 6.61 Å². The van der Waals surface area contributed by atoms with Crippen molar-refractivity contribution in [3.05, 3.63) is 78.4 Å². The average molecular weight is 473 g/mol. The van der Waals surface area contributed by atoms with Gasteiger partial charge in [0.25, 0.3) is 0 Å². The van der Waals surface area contributed by atoms with E-state index in [2.05, 4.69) is 67.6 Å². The lowest BCUT2D eigenvalue weighted by molar-refractivity contribution is -0.148. The second-order valence-corrected chi connectivity index (χ2v) is 9.13. The number of esters is 1. The molecule has 0 heterocycles. The van der Waals surface area contributed by atoms with Crippen molar-refractivity contribution < 1.29 is 14.3 Å². The first kappa shape index (κ1) is 26.5. The molecule has 3 rings (SSSR count). The quantitative estimate of drug-likeness (QED) is 0.173. The Labute approximate surface area is 211 Å². The number of rotatable bonds is 14. The van der Waals surface area contributed by atoms with Gasteiger partial charge in [0.1, 0.15) is 11.9 Å². The first-order valence-corrected chi connectivity index (χ1v) is 13.2. The second kappa shape index (κ2) is 14.4. The highest BCUT2D eigenvalue weighted by Gasteiger charge is 2.13. The number of hydrogen-bond acceptors (Lipinski definition) is 3. The Bertz CT molecular complexity index is 1020. The van der Waals surface area contributed by atoms with Gasteiger partial charge in [-0.1, -0.05) is 106 Å². The maximum absolute atomic E-state index is 12.3. The van der Waals surface area contributed by atoms with Crippen LogP contribution in [-0.4, -0.2) is 12.6 Å². The Hall–Kier alpha value is -3.07. The molecule has 3 heteroatoms. The van der Waals surface area contributed by atoms with Crippen molar-refractivity contribution in [3.8, 4) is 28.0 Å². The van der Waals surface area contributed by atoms with Gasteiger partial charge < -0.3 is 9.47 Å². The summed E-state index contributed by atoms with van der Waals surface area (Å²) in [6, 6.07) is 25.0. The molecule has 35 heavy (non-hydrogen) atoms. The van der Waals surface area contributed by atoms with E-state index in [0.29, 0.717) is 13.0 Å². The van der Waals surface area contributed by atoms with Crippen LogP contribution in [0.4, 0.5) is 0 Å². The van der Waals surface area contributed by atoms with Crippen molar-refractivity contribution >= 4 is 5.97 Å². The molecule has 0 radical (unpaired) electrons. The molecule has 0 saturated carbocycles.